The summed E-state index contributed by atoms with van der Waals surface area (Å²) in [7, 11) is 0. The van der Waals surface area contributed by atoms with E-state index in [0.29, 0.717) is 19.4 Å². The third-order valence-electron chi connectivity index (χ3n) is 3.13. The molecular weight excluding hydrogens is 244 g/mol. The van der Waals surface area contributed by atoms with Crippen LogP contribution in [0.3, 0.4) is 0 Å². The fourth-order valence-corrected chi connectivity index (χ4v) is 1.92. The average Bonchev–Trinajstić information content (AvgIpc) is 2.80. The fraction of sp³-hybridized carbons (Fsp3) is 0.500. The zero-order valence-electron chi connectivity index (χ0n) is 11.4. The highest BCUT2D eigenvalue weighted by Crippen LogP contribution is 2.34. The van der Waals surface area contributed by atoms with Crippen LogP contribution >= 0.6 is 0 Å². The van der Waals surface area contributed by atoms with Crippen molar-refractivity contribution in [3.8, 4) is 11.5 Å². The Labute approximate surface area is 113 Å². The molecule has 104 valence electrons. The summed E-state index contributed by atoms with van der Waals surface area (Å²) < 4.78 is 10.6. The number of rotatable bonds is 5. The lowest BCUT2D eigenvalue weighted by molar-refractivity contribution is -0.121. The minimum atomic E-state index is 0.0226. The first kappa shape index (κ1) is 13.7. The predicted molar refractivity (Wildman–Crippen MR) is 72.0 cm³/mol. The minimum Gasteiger partial charge on any atom is -0.454 e. The Bertz CT molecular complexity index is 472. The number of ether oxygens (including phenoxy) is 2. The summed E-state index contributed by atoms with van der Waals surface area (Å²) in [4.78, 5) is 11.6. The van der Waals surface area contributed by atoms with Gasteiger partial charge in [-0.05, 0) is 43.5 Å². The summed E-state index contributed by atoms with van der Waals surface area (Å²) in [5, 5.41) is 2.90. The molecule has 1 aliphatic rings. The number of nitrogens with one attached hydrogen (secondary N) is 1. The van der Waals surface area contributed by atoms with Crippen LogP contribution in [0.15, 0.2) is 12.1 Å². The zero-order chi connectivity index (χ0) is 13.8. The first-order valence-corrected chi connectivity index (χ1v) is 6.47. The van der Waals surface area contributed by atoms with Gasteiger partial charge in [-0.25, -0.2) is 0 Å². The van der Waals surface area contributed by atoms with Crippen molar-refractivity contribution in [3.05, 3.63) is 23.3 Å². The number of amides is 1. The summed E-state index contributed by atoms with van der Waals surface area (Å²) >= 11 is 0. The Morgan fingerprint density at radius 2 is 2.11 bits per heavy atom. The van der Waals surface area contributed by atoms with E-state index in [1.165, 1.54) is 0 Å². The van der Waals surface area contributed by atoms with Gasteiger partial charge >= 0.3 is 0 Å². The Morgan fingerprint density at radius 1 is 1.42 bits per heavy atom. The van der Waals surface area contributed by atoms with Crippen LogP contribution in [0.4, 0.5) is 0 Å². The largest absolute Gasteiger partial charge is 0.454 e. The maximum atomic E-state index is 11.6. The number of aryl methyl sites for hydroxylation is 1. The molecule has 1 atom stereocenters. The van der Waals surface area contributed by atoms with Gasteiger partial charge in [0.15, 0.2) is 11.5 Å². The number of nitrogens with two attached hydrogens (primary N) is 1. The highest BCUT2D eigenvalue weighted by atomic mass is 16.7. The van der Waals surface area contributed by atoms with Gasteiger partial charge in [0.2, 0.25) is 12.7 Å². The van der Waals surface area contributed by atoms with Crippen LogP contribution in [-0.2, 0) is 11.3 Å². The van der Waals surface area contributed by atoms with Crippen LogP contribution < -0.4 is 20.5 Å². The van der Waals surface area contributed by atoms with Gasteiger partial charge < -0.3 is 20.5 Å². The molecule has 1 aromatic rings. The van der Waals surface area contributed by atoms with Gasteiger partial charge in [0.1, 0.15) is 0 Å². The van der Waals surface area contributed by atoms with E-state index in [1.807, 2.05) is 26.0 Å². The molecular formula is C14H20N2O3. The summed E-state index contributed by atoms with van der Waals surface area (Å²) in [6.07, 6.45) is 1.16. The topological polar surface area (TPSA) is 73.6 Å². The molecule has 1 amide bonds. The lowest BCUT2D eigenvalue weighted by Crippen LogP contribution is -2.25. The highest BCUT2D eigenvalue weighted by Gasteiger charge is 2.15. The molecule has 1 aliphatic heterocycles. The first-order valence-electron chi connectivity index (χ1n) is 6.47. The molecule has 2 rings (SSSR count). The molecule has 0 aliphatic carbocycles. The van der Waals surface area contributed by atoms with Gasteiger partial charge in [-0.1, -0.05) is 0 Å². The highest BCUT2D eigenvalue weighted by molar-refractivity contribution is 5.76. The number of carbonyl (C=O) groups excluding carboxylic acids is 1. The lowest BCUT2D eigenvalue weighted by atomic mass is 10.1. The van der Waals surface area contributed by atoms with E-state index in [9.17, 15) is 4.79 Å². The van der Waals surface area contributed by atoms with Crippen molar-refractivity contribution in [2.24, 2.45) is 5.73 Å². The second kappa shape index (κ2) is 5.93. The molecule has 0 aromatic heterocycles. The van der Waals surface area contributed by atoms with E-state index >= 15 is 0 Å². The van der Waals surface area contributed by atoms with E-state index in [-0.39, 0.29) is 18.7 Å². The second-order valence-corrected chi connectivity index (χ2v) is 4.92. The summed E-state index contributed by atoms with van der Waals surface area (Å²) in [5.74, 6) is 1.53. The average molecular weight is 264 g/mol. The molecule has 19 heavy (non-hydrogen) atoms. The van der Waals surface area contributed by atoms with Gasteiger partial charge in [-0.2, -0.15) is 0 Å². The third kappa shape index (κ3) is 3.61. The number of carbonyl (C=O) groups is 1. The SMILES string of the molecule is Cc1cc2c(cc1CNC(=O)CCC(C)N)OCO2. The molecule has 0 bridgehead atoms. The number of hydrogen-bond donors (Lipinski definition) is 2. The molecule has 5 heteroatoms. The molecule has 1 heterocycles. The van der Waals surface area contributed by atoms with Gasteiger partial charge in [0, 0.05) is 19.0 Å². The normalized spacial score (nSPS) is 14.3. The summed E-state index contributed by atoms with van der Waals surface area (Å²) in [5.41, 5.74) is 7.74. The van der Waals surface area contributed by atoms with Crippen molar-refractivity contribution >= 4 is 5.91 Å². The van der Waals surface area contributed by atoms with Crippen molar-refractivity contribution in [1.82, 2.24) is 5.32 Å². The molecule has 0 fully saturated rings. The van der Waals surface area contributed by atoms with Gasteiger partial charge in [0.25, 0.3) is 0 Å². The minimum absolute atomic E-state index is 0.0226. The van der Waals surface area contributed by atoms with Gasteiger partial charge in [0.05, 0.1) is 0 Å². The molecule has 0 spiro atoms. The number of benzene rings is 1. The lowest BCUT2D eigenvalue weighted by Gasteiger charge is -2.10. The monoisotopic (exact) mass is 264 g/mol. The molecule has 0 radical (unpaired) electrons. The van der Waals surface area contributed by atoms with Gasteiger partial charge in [-0.3, -0.25) is 4.79 Å². The third-order valence-corrected chi connectivity index (χ3v) is 3.13. The molecule has 1 aromatic carbocycles. The van der Waals surface area contributed by atoms with Crippen molar-refractivity contribution < 1.29 is 14.3 Å². The molecule has 0 saturated carbocycles. The van der Waals surface area contributed by atoms with Crippen molar-refractivity contribution in [1.29, 1.82) is 0 Å². The van der Waals surface area contributed by atoms with Crippen LogP contribution in [0.25, 0.3) is 0 Å². The van der Waals surface area contributed by atoms with E-state index in [2.05, 4.69) is 5.32 Å². The van der Waals surface area contributed by atoms with Crippen molar-refractivity contribution in [2.75, 3.05) is 6.79 Å². The quantitative estimate of drug-likeness (QED) is 0.844. The van der Waals surface area contributed by atoms with Gasteiger partial charge in [-0.15, -0.1) is 0 Å². The molecule has 5 nitrogen and oxygen atoms in total. The molecule has 3 N–H and O–H groups in total. The van der Waals surface area contributed by atoms with Crippen LogP contribution in [-0.4, -0.2) is 18.7 Å². The van der Waals surface area contributed by atoms with Crippen LogP contribution in [0.2, 0.25) is 0 Å². The number of fused-ring (bicyclic) bond motifs is 1. The van der Waals surface area contributed by atoms with Crippen LogP contribution in [0.1, 0.15) is 30.9 Å². The fourth-order valence-electron chi connectivity index (χ4n) is 1.92. The van der Waals surface area contributed by atoms with Crippen LogP contribution in [0, 0.1) is 6.92 Å². The Balaban J connectivity index is 1.91. The van der Waals surface area contributed by atoms with E-state index in [0.717, 1.165) is 22.6 Å². The van der Waals surface area contributed by atoms with E-state index in [4.69, 9.17) is 15.2 Å². The van der Waals surface area contributed by atoms with E-state index < -0.39 is 0 Å². The summed E-state index contributed by atoms with van der Waals surface area (Å²) in [6, 6.07) is 3.91. The summed E-state index contributed by atoms with van der Waals surface area (Å²) in [6.45, 7) is 4.65. The smallest absolute Gasteiger partial charge is 0.231 e. The Hall–Kier alpha value is -1.75. The second-order valence-electron chi connectivity index (χ2n) is 4.92. The first-order chi connectivity index (χ1) is 9.06. The van der Waals surface area contributed by atoms with Crippen LogP contribution in [0.5, 0.6) is 11.5 Å². The Morgan fingerprint density at radius 3 is 2.79 bits per heavy atom. The predicted octanol–water partition coefficient (Wildman–Crippen LogP) is 1.47. The maximum Gasteiger partial charge on any atom is 0.231 e. The van der Waals surface area contributed by atoms with E-state index in [1.54, 1.807) is 0 Å². The molecule has 1 unspecified atom stereocenters. The van der Waals surface area contributed by atoms with Crippen molar-refractivity contribution in [3.63, 3.8) is 0 Å². The standard InChI is InChI=1S/C14H20N2O3/c1-9-5-12-13(19-8-18-12)6-11(9)7-16-14(17)4-3-10(2)15/h5-6,10H,3-4,7-8,15H2,1-2H3,(H,16,17). The molecule has 0 saturated heterocycles. The zero-order valence-corrected chi connectivity index (χ0v) is 11.4. The maximum absolute atomic E-state index is 11.6. The van der Waals surface area contributed by atoms with Crippen molar-refractivity contribution in [2.45, 2.75) is 39.3 Å². The Kier molecular flexibility index (Phi) is 4.27. The number of hydrogen-bond acceptors (Lipinski definition) is 4.